The molecule has 0 aromatic carbocycles. The first-order valence-electron chi connectivity index (χ1n) is 6.07. The number of hydrogen-bond donors (Lipinski definition) is 1. The first kappa shape index (κ1) is 12.9. The van der Waals surface area contributed by atoms with Gasteiger partial charge in [0.1, 0.15) is 0 Å². The summed E-state index contributed by atoms with van der Waals surface area (Å²) in [6.07, 6.45) is 3.98. The van der Waals surface area contributed by atoms with Crippen molar-refractivity contribution in [2.24, 2.45) is 0 Å². The molecule has 1 aliphatic heterocycles. The standard InChI is InChI=1S/C12H25NO2/c1-4-13(10-12(2,3)14)8-7-11-6-5-9-15-11/h11,14H,4-10H2,1-3H3. The average molecular weight is 215 g/mol. The number of nitrogens with zero attached hydrogens (tertiary/aromatic N) is 1. The van der Waals surface area contributed by atoms with Gasteiger partial charge < -0.3 is 14.7 Å². The van der Waals surface area contributed by atoms with Gasteiger partial charge in [0, 0.05) is 19.7 Å². The van der Waals surface area contributed by atoms with Gasteiger partial charge in [0.2, 0.25) is 0 Å². The lowest BCUT2D eigenvalue weighted by Gasteiger charge is -2.28. The third-order valence-corrected chi connectivity index (χ3v) is 2.85. The second kappa shape index (κ2) is 5.83. The summed E-state index contributed by atoms with van der Waals surface area (Å²) in [7, 11) is 0. The summed E-state index contributed by atoms with van der Waals surface area (Å²) in [5, 5.41) is 9.74. The van der Waals surface area contributed by atoms with Crippen LogP contribution in [0.25, 0.3) is 0 Å². The Labute approximate surface area is 93.4 Å². The molecule has 0 saturated carbocycles. The molecule has 3 nitrogen and oxygen atoms in total. The van der Waals surface area contributed by atoms with Gasteiger partial charge >= 0.3 is 0 Å². The van der Waals surface area contributed by atoms with Crippen LogP contribution in [0.15, 0.2) is 0 Å². The maximum Gasteiger partial charge on any atom is 0.0718 e. The number of rotatable bonds is 6. The topological polar surface area (TPSA) is 32.7 Å². The van der Waals surface area contributed by atoms with Gasteiger partial charge in [0.25, 0.3) is 0 Å². The van der Waals surface area contributed by atoms with E-state index >= 15 is 0 Å². The van der Waals surface area contributed by atoms with E-state index in [-0.39, 0.29) is 0 Å². The molecule has 0 aromatic heterocycles. The molecular weight excluding hydrogens is 190 g/mol. The Kier molecular flexibility index (Phi) is 5.03. The largest absolute Gasteiger partial charge is 0.389 e. The molecule has 1 aliphatic rings. The van der Waals surface area contributed by atoms with Gasteiger partial charge in [-0.1, -0.05) is 6.92 Å². The van der Waals surface area contributed by atoms with Crippen LogP contribution < -0.4 is 0 Å². The van der Waals surface area contributed by atoms with Crippen LogP contribution in [-0.4, -0.2) is 48.0 Å². The minimum atomic E-state index is -0.591. The second-order valence-corrected chi connectivity index (χ2v) is 5.10. The zero-order valence-corrected chi connectivity index (χ0v) is 10.3. The highest BCUT2D eigenvalue weighted by molar-refractivity contribution is 4.73. The van der Waals surface area contributed by atoms with E-state index in [0.717, 1.165) is 32.7 Å². The van der Waals surface area contributed by atoms with Gasteiger partial charge in [0.15, 0.2) is 0 Å². The van der Waals surface area contributed by atoms with Gasteiger partial charge in [0.05, 0.1) is 11.7 Å². The zero-order valence-electron chi connectivity index (χ0n) is 10.3. The monoisotopic (exact) mass is 215 g/mol. The Hall–Kier alpha value is -0.120. The lowest BCUT2D eigenvalue weighted by Crippen LogP contribution is -2.39. The summed E-state index contributed by atoms with van der Waals surface area (Å²) in [4.78, 5) is 2.29. The molecule has 1 atom stereocenters. The van der Waals surface area contributed by atoms with Crippen LogP contribution in [-0.2, 0) is 4.74 Å². The predicted octanol–water partition coefficient (Wildman–Crippen LogP) is 1.65. The fourth-order valence-corrected chi connectivity index (χ4v) is 2.09. The Morgan fingerprint density at radius 2 is 2.20 bits per heavy atom. The van der Waals surface area contributed by atoms with E-state index in [1.165, 1.54) is 12.8 Å². The van der Waals surface area contributed by atoms with E-state index in [1.807, 2.05) is 13.8 Å². The first-order valence-corrected chi connectivity index (χ1v) is 6.07. The fraction of sp³-hybridized carbons (Fsp3) is 1.00. The van der Waals surface area contributed by atoms with Gasteiger partial charge in [-0.2, -0.15) is 0 Å². The number of ether oxygens (including phenoxy) is 1. The van der Waals surface area contributed by atoms with Crippen molar-refractivity contribution in [3.8, 4) is 0 Å². The normalized spacial score (nSPS) is 22.6. The van der Waals surface area contributed by atoms with E-state index < -0.39 is 5.60 Å². The average Bonchev–Trinajstić information content (AvgIpc) is 2.62. The molecule has 1 rings (SSSR count). The van der Waals surface area contributed by atoms with Gasteiger partial charge in [-0.25, -0.2) is 0 Å². The summed E-state index contributed by atoms with van der Waals surface area (Å²) >= 11 is 0. The highest BCUT2D eigenvalue weighted by Crippen LogP contribution is 2.16. The Morgan fingerprint density at radius 1 is 1.47 bits per heavy atom. The summed E-state index contributed by atoms with van der Waals surface area (Å²) in [5.41, 5.74) is -0.591. The van der Waals surface area contributed by atoms with E-state index in [1.54, 1.807) is 0 Å². The van der Waals surface area contributed by atoms with Crippen LogP contribution in [0, 0.1) is 0 Å². The molecule has 0 radical (unpaired) electrons. The number of hydrogen-bond acceptors (Lipinski definition) is 3. The van der Waals surface area contributed by atoms with Gasteiger partial charge in [-0.3, -0.25) is 0 Å². The van der Waals surface area contributed by atoms with E-state index in [0.29, 0.717) is 6.10 Å². The summed E-state index contributed by atoms with van der Waals surface area (Å²) in [6.45, 7) is 9.57. The van der Waals surface area contributed by atoms with E-state index in [9.17, 15) is 5.11 Å². The molecule has 0 aromatic rings. The highest BCUT2D eigenvalue weighted by atomic mass is 16.5. The van der Waals surface area contributed by atoms with Crippen molar-refractivity contribution in [3.05, 3.63) is 0 Å². The van der Waals surface area contributed by atoms with Crippen LogP contribution in [0.4, 0.5) is 0 Å². The molecule has 0 amide bonds. The van der Waals surface area contributed by atoms with Crippen molar-refractivity contribution in [1.29, 1.82) is 0 Å². The first-order chi connectivity index (χ1) is 7.01. The second-order valence-electron chi connectivity index (χ2n) is 5.10. The summed E-state index contributed by atoms with van der Waals surface area (Å²) in [5.74, 6) is 0. The smallest absolute Gasteiger partial charge is 0.0718 e. The van der Waals surface area contributed by atoms with Crippen LogP contribution in [0.3, 0.4) is 0 Å². The quantitative estimate of drug-likeness (QED) is 0.731. The maximum atomic E-state index is 9.74. The maximum absolute atomic E-state index is 9.74. The Bertz CT molecular complexity index is 171. The summed E-state index contributed by atoms with van der Waals surface area (Å²) < 4.78 is 5.59. The van der Waals surface area contributed by atoms with Crippen LogP contribution >= 0.6 is 0 Å². The van der Waals surface area contributed by atoms with Crippen molar-refractivity contribution >= 4 is 0 Å². The molecule has 90 valence electrons. The van der Waals surface area contributed by atoms with Crippen LogP contribution in [0.1, 0.15) is 40.0 Å². The van der Waals surface area contributed by atoms with Crippen LogP contribution in [0.5, 0.6) is 0 Å². The predicted molar refractivity (Wildman–Crippen MR) is 62.0 cm³/mol. The molecule has 1 N–H and O–H groups in total. The van der Waals surface area contributed by atoms with Crippen LogP contribution in [0.2, 0.25) is 0 Å². The lowest BCUT2D eigenvalue weighted by atomic mass is 10.1. The van der Waals surface area contributed by atoms with Crippen molar-refractivity contribution in [2.75, 3.05) is 26.2 Å². The molecule has 1 saturated heterocycles. The molecular formula is C12H25NO2. The molecule has 15 heavy (non-hydrogen) atoms. The summed E-state index contributed by atoms with van der Waals surface area (Å²) in [6, 6.07) is 0. The molecule has 0 bridgehead atoms. The van der Waals surface area contributed by atoms with Gasteiger partial charge in [-0.15, -0.1) is 0 Å². The molecule has 0 spiro atoms. The van der Waals surface area contributed by atoms with Crippen molar-refractivity contribution in [1.82, 2.24) is 4.90 Å². The third kappa shape index (κ3) is 5.50. The lowest BCUT2D eigenvalue weighted by molar-refractivity contribution is 0.0294. The SMILES string of the molecule is CCN(CCC1CCCO1)CC(C)(C)O. The fourth-order valence-electron chi connectivity index (χ4n) is 2.09. The van der Waals surface area contributed by atoms with Gasteiger partial charge in [-0.05, 0) is 39.7 Å². The molecule has 1 fully saturated rings. The third-order valence-electron chi connectivity index (χ3n) is 2.85. The van der Waals surface area contributed by atoms with Crippen molar-refractivity contribution in [3.63, 3.8) is 0 Å². The number of likely N-dealkylation sites (N-methyl/N-ethyl adjacent to an activating group) is 1. The molecule has 3 heteroatoms. The van der Waals surface area contributed by atoms with Crippen molar-refractivity contribution < 1.29 is 9.84 Å². The minimum absolute atomic E-state index is 0.459. The van der Waals surface area contributed by atoms with E-state index in [2.05, 4.69) is 11.8 Å². The minimum Gasteiger partial charge on any atom is -0.389 e. The van der Waals surface area contributed by atoms with E-state index in [4.69, 9.17) is 4.74 Å². The molecule has 1 unspecified atom stereocenters. The zero-order chi connectivity index (χ0) is 11.3. The Balaban J connectivity index is 2.21. The molecule has 0 aliphatic carbocycles. The number of aliphatic hydroxyl groups is 1. The highest BCUT2D eigenvalue weighted by Gasteiger charge is 2.20. The van der Waals surface area contributed by atoms with Crippen molar-refractivity contribution in [2.45, 2.75) is 51.7 Å². The molecule has 1 heterocycles. The Morgan fingerprint density at radius 3 is 2.67 bits per heavy atom.